The number of hydrogen-bond donors (Lipinski definition) is 0. The number of rotatable bonds is 2. The molecular weight excluding hydrogens is 494 g/mol. The number of pyridine rings is 1. The minimum Gasteiger partial charge on any atom is -0.457 e. The van der Waals surface area contributed by atoms with E-state index in [9.17, 15) is 0 Å². The van der Waals surface area contributed by atoms with E-state index in [-0.39, 0.29) is 0 Å². The SMILES string of the molecule is c1ccc2c(c1)Oc1cccc3c1C2(c1ccc(-c2ccc4c(c2)oc2ccccc24)cc1)c1ccncc1O3. The molecule has 0 spiro atoms. The number of aromatic nitrogens is 1. The zero-order chi connectivity index (χ0) is 26.3. The van der Waals surface area contributed by atoms with Gasteiger partial charge in [0, 0.05) is 28.1 Å². The van der Waals surface area contributed by atoms with Gasteiger partial charge in [0.15, 0.2) is 5.75 Å². The van der Waals surface area contributed by atoms with Gasteiger partial charge in [-0.15, -0.1) is 0 Å². The van der Waals surface area contributed by atoms with Gasteiger partial charge in [0.05, 0.1) is 17.2 Å². The third-order valence-corrected chi connectivity index (χ3v) is 8.31. The molecule has 1 atom stereocenters. The zero-order valence-electron chi connectivity index (χ0n) is 21.3. The van der Waals surface area contributed by atoms with Crippen molar-refractivity contribution in [3.63, 3.8) is 0 Å². The third kappa shape index (κ3) is 2.77. The Morgan fingerprint density at radius 1 is 0.525 bits per heavy atom. The Morgan fingerprint density at radius 3 is 2.12 bits per heavy atom. The molecule has 2 aromatic heterocycles. The molecule has 188 valence electrons. The van der Waals surface area contributed by atoms with Crippen LogP contribution in [-0.4, -0.2) is 4.98 Å². The second-order valence-corrected chi connectivity index (χ2v) is 10.3. The highest BCUT2D eigenvalue weighted by Gasteiger charge is 2.51. The van der Waals surface area contributed by atoms with Crippen molar-refractivity contribution in [1.82, 2.24) is 4.98 Å². The van der Waals surface area contributed by atoms with Crippen molar-refractivity contribution >= 4 is 21.9 Å². The molecule has 4 heterocycles. The minimum absolute atomic E-state index is 0.613. The van der Waals surface area contributed by atoms with Crippen LogP contribution in [-0.2, 0) is 5.41 Å². The van der Waals surface area contributed by atoms with Gasteiger partial charge in [-0.1, -0.05) is 72.8 Å². The summed E-state index contributed by atoms with van der Waals surface area (Å²) in [6.07, 6.45) is 3.65. The van der Waals surface area contributed by atoms with Crippen molar-refractivity contribution in [2.24, 2.45) is 0 Å². The summed E-state index contributed by atoms with van der Waals surface area (Å²) < 4.78 is 19.0. The zero-order valence-corrected chi connectivity index (χ0v) is 21.3. The molecule has 9 rings (SSSR count). The fourth-order valence-electron chi connectivity index (χ4n) is 6.61. The van der Waals surface area contributed by atoms with Crippen LogP contribution in [0.4, 0.5) is 0 Å². The normalized spacial score (nSPS) is 16.5. The molecule has 0 aliphatic carbocycles. The number of furan rings is 1. The summed E-state index contributed by atoms with van der Waals surface area (Å²) >= 11 is 0. The number of benzene rings is 5. The number of ether oxygens (including phenoxy) is 2. The fourth-order valence-corrected chi connectivity index (χ4v) is 6.61. The van der Waals surface area contributed by atoms with Crippen molar-refractivity contribution in [3.05, 3.63) is 150 Å². The summed E-state index contributed by atoms with van der Waals surface area (Å²) in [4.78, 5) is 4.39. The van der Waals surface area contributed by atoms with E-state index in [1.54, 1.807) is 0 Å². The number of para-hydroxylation sites is 2. The van der Waals surface area contributed by atoms with Gasteiger partial charge in [-0.2, -0.15) is 0 Å². The summed E-state index contributed by atoms with van der Waals surface area (Å²) in [5, 5.41) is 2.27. The molecular formula is C36H21NO3. The quantitative estimate of drug-likeness (QED) is 0.230. The van der Waals surface area contributed by atoms with E-state index < -0.39 is 5.41 Å². The van der Waals surface area contributed by atoms with Gasteiger partial charge in [0.2, 0.25) is 0 Å². The highest BCUT2D eigenvalue weighted by Crippen LogP contribution is 2.62. The van der Waals surface area contributed by atoms with Gasteiger partial charge in [-0.25, -0.2) is 0 Å². The first-order valence-corrected chi connectivity index (χ1v) is 13.4. The molecule has 4 heteroatoms. The predicted octanol–water partition coefficient (Wildman–Crippen LogP) is 9.24. The molecule has 7 aromatic rings. The van der Waals surface area contributed by atoms with E-state index in [1.807, 2.05) is 60.9 Å². The smallest absolute Gasteiger partial charge is 0.150 e. The molecule has 0 bridgehead atoms. The lowest BCUT2D eigenvalue weighted by atomic mass is 9.62. The number of hydrogen-bond acceptors (Lipinski definition) is 4. The van der Waals surface area contributed by atoms with Gasteiger partial charge in [-0.3, -0.25) is 4.98 Å². The molecule has 0 saturated carbocycles. The average Bonchev–Trinajstić information content (AvgIpc) is 3.39. The molecule has 2 aliphatic rings. The Kier molecular flexibility index (Phi) is 4.23. The summed E-state index contributed by atoms with van der Waals surface area (Å²) in [7, 11) is 0. The van der Waals surface area contributed by atoms with Crippen LogP contribution in [0.5, 0.6) is 23.0 Å². The van der Waals surface area contributed by atoms with Crippen LogP contribution in [0.1, 0.15) is 22.3 Å². The topological polar surface area (TPSA) is 44.5 Å². The van der Waals surface area contributed by atoms with E-state index in [1.165, 1.54) is 0 Å². The first kappa shape index (κ1) is 21.6. The molecule has 0 radical (unpaired) electrons. The molecule has 1 unspecified atom stereocenters. The molecule has 0 N–H and O–H groups in total. The van der Waals surface area contributed by atoms with Crippen LogP contribution in [0.25, 0.3) is 33.1 Å². The predicted molar refractivity (Wildman–Crippen MR) is 155 cm³/mol. The summed E-state index contributed by atoms with van der Waals surface area (Å²) in [5.41, 5.74) is 7.72. The van der Waals surface area contributed by atoms with Crippen molar-refractivity contribution < 1.29 is 13.9 Å². The van der Waals surface area contributed by atoms with Gasteiger partial charge < -0.3 is 13.9 Å². The van der Waals surface area contributed by atoms with Crippen LogP contribution in [0, 0.1) is 0 Å². The van der Waals surface area contributed by atoms with Crippen LogP contribution in [0.3, 0.4) is 0 Å². The van der Waals surface area contributed by atoms with Crippen LogP contribution in [0.2, 0.25) is 0 Å². The lowest BCUT2D eigenvalue weighted by Gasteiger charge is -2.44. The molecule has 4 nitrogen and oxygen atoms in total. The minimum atomic E-state index is -0.613. The Morgan fingerprint density at radius 2 is 1.23 bits per heavy atom. The Balaban J connectivity index is 1.27. The molecule has 5 aromatic carbocycles. The second kappa shape index (κ2) is 7.84. The highest BCUT2D eigenvalue weighted by atomic mass is 16.5. The molecule has 0 amide bonds. The van der Waals surface area contributed by atoms with Crippen molar-refractivity contribution in [2.75, 3.05) is 0 Å². The van der Waals surface area contributed by atoms with Crippen LogP contribution < -0.4 is 9.47 Å². The number of nitrogens with zero attached hydrogens (tertiary/aromatic N) is 1. The molecule has 0 saturated heterocycles. The molecule has 40 heavy (non-hydrogen) atoms. The molecule has 2 aliphatic heterocycles. The van der Waals surface area contributed by atoms with Crippen LogP contribution in [0.15, 0.2) is 132 Å². The maximum atomic E-state index is 6.44. The standard InChI is InChI=1S/C36H21NO3/c1-3-8-29-25(6-1)26-17-14-23(20-33(26)38-29)22-12-15-24(16-13-22)36-27-7-2-4-9-30(27)39-31-10-5-11-32(35(31)36)40-34-21-37-19-18-28(34)36/h1-21H. The Hall–Kier alpha value is -5.35. The van der Waals surface area contributed by atoms with Gasteiger partial charge in [0.1, 0.15) is 28.4 Å². The van der Waals surface area contributed by atoms with Gasteiger partial charge in [-0.05, 0) is 59.2 Å². The first-order chi connectivity index (χ1) is 19.8. The fraction of sp³-hybridized carbons (Fsp3) is 0.0278. The Labute approximate surface area is 230 Å². The second-order valence-electron chi connectivity index (χ2n) is 10.3. The lowest BCUT2D eigenvalue weighted by molar-refractivity contribution is 0.384. The first-order valence-electron chi connectivity index (χ1n) is 13.4. The largest absolute Gasteiger partial charge is 0.457 e. The monoisotopic (exact) mass is 515 g/mol. The molecule has 0 fully saturated rings. The van der Waals surface area contributed by atoms with E-state index in [0.717, 1.165) is 78.3 Å². The Bertz CT molecular complexity index is 2060. The van der Waals surface area contributed by atoms with E-state index in [2.05, 4.69) is 71.7 Å². The van der Waals surface area contributed by atoms with Gasteiger partial charge in [0.25, 0.3) is 0 Å². The van der Waals surface area contributed by atoms with Crippen molar-refractivity contribution in [2.45, 2.75) is 5.41 Å². The number of fused-ring (bicyclic) bond motifs is 7. The maximum absolute atomic E-state index is 6.44. The van der Waals surface area contributed by atoms with E-state index >= 15 is 0 Å². The lowest BCUT2D eigenvalue weighted by Crippen LogP contribution is -2.37. The van der Waals surface area contributed by atoms with Crippen molar-refractivity contribution in [1.29, 1.82) is 0 Å². The summed E-state index contributed by atoms with van der Waals surface area (Å²) in [6, 6.07) is 39.9. The van der Waals surface area contributed by atoms with Crippen molar-refractivity contribution in [3.8, 4) is 34.1 Å². The van der Waals surface area contributed by atoms with E-state index in [0.29, 0.717) is 0 Å². The third-order valence-electron chi connectivity index (χ3n) is 8.31. The summed E-state index contributed by atoms with van der Waals surface area (Å²) in [5.74, 6) is 3.18. The highest BCUT2D eigenvalue weighted by molar-refractivity contribution is 6.05. The van der Waals surface area contributed by atoms with E-state index in [4.69, 9.17) is 13.9 Å². The summed E-state index contributed by atoms with van der Waals surface area (Å²) in [6.45, 7) is 0. The van der Waals surface area contributed by atoms with Gasteiger partial charge >= 0.3 is 0 Å². The van der Waals surface area contributed by atoms with Crippen LogP contribution >= 0.6 is 0 Å². The maximum Gasteiger partial charge on any atom is 0.150 e. The average molecular weight is 516 g/mol.